The normalized spacial score (nSPS) is 15.1. The van der Waals surface area contributed by atoms with Crippen LogP contribution in [0.5, 0.6) is 0 Å². The summed E-state index contributed by atoms with van der Waals surface area (Å²) in [6.07, 6.45) is 1.16. The first-order valence-corrected chi connectivity index (χ1v) is 10.5. The van der Waals surface area contributed by atoms with Gasteiger partial charge in [0, 0.05) is 25.3 Å². The summed E-state index contributed by atoms with van der Waals surface area (Å²) in [6.45, 7) is 7.45. The van der Waals surface area contributed by atoms with Gasteiger partial charge in [0.05, 0.1) is 17.7 Å². The van der Waals surface area contributed by atoms with Gasteiger partial charge in [0.1, 0.15) is 5.71 Å². The Morgan fingerprint density at radius 1 is 1.22 bits per heavy atom. The molecule has 0 saturated heterocycles. The minimum absolute atomic E-state index is 0.362. The van der Waals surface area contributed by atoms with E-state index in [0.717, 1.165) is 29.9 Å². The molecular weight excluding hydrogens is 366 g/mol. The zero-order chi connectivity index (χ0) is 19.6. The molecule has 1 aliphatic rings. The highest BCUT2D eigenvalue weighted by atomic mass is 32.2. The maximum absolute atomic E-state index is 11.2. The molecule has 0 amide bonds. The van der Waals surface area contributed by atoms with Crippen LogP contribution in [0.4, 0.5) is 11.4 Å². The Balaban J connectivity index is 1.74. The third-order valence-corrected chi connectivity index (χ3v) is 4.81. The molecule has 0 unspecified atom stereocenters. The topological polar surface area (TPSA) is 105 Å². The van der Waals surface area contributed by atoms with Crippen LogP contribution >= 0.6 is 0 Å². The molecule has 2 aromatic rings. The molecule has 1 aromatic heterocycles. The number of aliphatic imine (C=N–C) groups is 1. The Hall–Kier alpha value is -2.59. The summed E-state index contributed by atoms with van der Waals surface area (Å²) in [5, 5.41) is 8.54. The van der Waals surface area contributed by atoms with Gasteiger partial charge in [-0.2, -0.15) is 5.10 Å². The Kier molecular flexibility index (Phi) is 5.38. The molecule has 3 rings (SSSR count). The molecule has 1 aliphatic heterocycles. The number of hydrogen-bond donors (Lipinski definition) is 1. The third-order valence-electron chi connectivity index (χ3n) is 4.08. The van der Waals surface area contributed by atoms with Gasteiger partial charge >= 0.3 is 0 Å². The van der Waals surface area contributed by atoms with Gasteiger partial charge in [-0.25, -0.2) is 23.1 Å². The zero-order valence-corrected chi connectivity index (χ0v) is 16.7. The number of aromatic nitrogens is 3. The zero-order valence-electron chi connectivity index (χ0n) is 15.8. The van der Waals surface area contributed by atoms with Crippen LogP contribution < -0.4 is 9.62 Å². The number of fused-ring (bicyclic) bond motifs is 1. The molecule has 9 nitrogen and oxygen atoms in total. The lowest BCUT2D eigenvalue weighted by Crippen LogP contribution is -2.34. The molecule has 2 heterocycles. The molecule has 1 N–H and O–H groups in total. The fourth-order valence-electron chi connectivity index (χ4n) is 2.81. The van der Waals surface area contributed by atoms with E-state index in [1.54, 1.807) is 0 Å². The van der Waals surface area contributed by atoms with E-state index in [9.17, 15) is 8.42 Å². The molecule has 0 saturated carbocycles. The van der Waals surface area contributed by atoms with E-state index in [1.807, 2.05) is 45.0 Å². The monoisotopic (exact) mass is 389 g/mol. The van der Waals surface area contributed by atoms with Crippen molar-refractivity contribution in [1.29, 1.82) is 0 Å². The third kappa shape index (κ3) is 4.58. The van der Waals surface area contributed by atoms with Crippen molar-refractivity contribution in [3.8, 4) is 0 Å². The van der Waals surface area contributed by atoms with Crippen molar-refractivity contribution in [3.63, 3.8) is 0 Å². The number of rotatable bonds is 7. The standard InChI is InChI=1S/C17H23N7O2S/c1-5-23(11-10-18-27(4,25)26)15-8-6-14(7-9-15)20-16-12(2)21-24-17(16)19-13(3)22-24/h6-9,18H,5,10-11H2,1-4H3. The lowest BCUT2D eigenvalue weighted by atomic mass is 10.2. The number of sulfonamides is 1. The minimum atomic E-state index is -3.18. The summed E-state index contributed by atoms with van der Waals surface area (Å²) < 4.78 is 24.9. The second-order valence-corrected chi connectivity index (χ2v) is 8.11. The quantitative estimate of drug-likeness (QED) is 0.769. The predicted molar refractivity (Wildman–Crippen MR) is 107 cm³/mol. The number of nitrogens with one attached hydrogen (secondary N) is 1. The van der Waals surface area contributed by atoms with E-state index < -0.39 is 10.0 Å². The van der Waals surface area contributed by atoms with Gasteiger partial charge in [-0.1, -0.05) is 0 Å². The summed E-state index contributed by atoms with van der Waals surface area (Å²) in [7, 11) is -3.18. The molecule has 0 aliphatic carbocycles. The number of likely N-dealkylation sites (N-methyl/N-ethyl adjacent to an activating group) is 1. The van der Waals surface area contributed by atoms with E-state index in [-0.39, 0.29) is 0 Å². The van der Waals surface area contributed by atoms with E-state index >= 15 is 0 Å². The van der Waals surface area contributed by atoms with Gasteiger partial charge in [0.15, 0.2) is 5.82 Å². The summed E-state index contributed by atoms with van der Waals surface area (Å²) in [4.78, 5) is 12.6. The largest absolute Gasteiger partial charge is 0.370 e. The van der Waals surface area contributed by atoms with Crippen molar-refractivity contribution in [2.75, 3.05) is 30.8 Å². The fourth-order valence-corrected chi connectivity index (χ4v) is 3.27. The average Bonchev–Trinajstić information content (AvgIpc) is 3.08. The molecule has 27 heavy (non-hydrogen) atoms. The first kappa shape index (κ1) is 19.2. The Morgan fingerprint density at radius 2 is 1.93 bits per heavy atom. The summed E-state index contributed by atoms with van der Waals surface area (Å²) in [6, 6.07) is 7.80. The SMILES string of the molecule is CCN(CCNS(C)(=O)=O)c1ccc(N=C2C(C)=Nn3nc(C)nc32)cc1. The van der Waals surface area contributed by atoms with Gasteiger partial charge in [-0.05, 0) is 45.0 Å². The highest BCUT2D eigenvalue weighted by molar-refractivity contribution is 7.88. The van der Waals surface area contributed by atoms with Crippen LogP contribution in [0.1, 0.15) is 25.5 Å². The predicted octanol–water partition coefficient (Wildman–Crippen LogP) is 1.32. The van der Waals surface area contributed by atoms with Gasteiger partial charge in [0.2, 0.25) is 15.8 Å². The van der Waals surface area contributed by atoms with Gasteiger partial charge in [-0.15, -0.1) is 9.89 Å². The van der Waals surface area contributed by atoms with Crippen molar-refractivity contribution < 1.29 is 8.42 Å². The molecule has 0 atom stereocenters. The maximum atomic E-state index is 11.2. The Bertz CT molecular complexity index is 991. The van der Waals surface area contributed by atoms with Crippen LogP contribution in [0.25, 0.3) is 0 Å². The van der Waals surface area contributed by atoms with Crippen LogP contribution in [0, 0.1) is 6.92 Å². The number of nitrogens with zero attached hydrogens (tertiary/aromatic N) is 6. The fraction of sp³-hybridized carbons (Fsp3) is 0.412. The van der Waals surface area contributed by atoms with Crippen LogP contribution in [-0.4, -0.2) is 60.6 Å². The molecule has 0 fully saturated rings. The van der Waals surface area contributed by atoms with Crippen LogP contribution in [0.15, 0.2) is 34.4 Å². The average molecular weight is 389 g/mol. The van der Waals surface area contributed by atoms with Crippen LogP contribution in [-0.2, 0) is 10.0 Å². The van der Waals surface area contributed by atoms with E-state index in [1.165, 1.54) is 4.79 Å². The number of hydrogen-bond acceptors (Lipinski definition) is 7. The molecular formula is C17H23N7O2S. The van der Waals surface area contributed by atoms with Crippen LogP contribution in [0.2, 0.25) is 0 Å². The molecule has 0 spiro atoms. The van der Waals surface area contributed by atoms with Gasteiger partial charge in [-0.3, -0.25) is 0 Å². The highest BCUT2D eigenvalue weighted by Crippen LogP contribution is 2.22. The lowest BCUT2D eigenvalue weighted by Gasteiger charge is -2.23. The Morgan fingerprint density at radius 3 is 2.56 bits per heavy atom. The van der Waals surface area contributed by atoms with Crippen LogP contribution in [0.3, 0.4) is 0 Å². The smallest absolute Gasteiger partial charge is 0.208 e. The lowest BCUT2D eigenvalue weighted by molar-refractivity contribution is 0.587. The summed E-state index contributed by atoms with van der Waals surface area (Å²) in [5.41, 5.74) is 3.29. The van der Waals surface area contributed by atoms with Crippen molar-refractivity contribution in [3.05, 3.63) is 35.9 Å². The van der Waals surface area contributed by atoms with Crippen molar-refractivity contribution in [2.45, 2.75) is 20.8 Å². The van der Waals surface area contributed by atoms with Crippen molar-refractivity contribution >= 4 is 32.8 Å². The van der Waals surface area contributed by atoms with E-state index in [4.69, 9.17) is 0 Å². The van der Waals surface area contributed by atoms with Crippen molar-refractivity contribution in [1.82, 2.24) is 19.6 Å². The van der Waals surface area contributed by atoms with E-state index in [2.05, 4.69) is 29.8 Å². The highest BCUT2D eigenvalue weighted by Gasteiger charge is 2.23. The number of benzene rings is 1. The summed E-state index contributed by atoms with van der Waals surface area (Å²) in [5.74, 6) is 1.31. The van der Waals surface area contributed by atoms with Gasteiger partial charge < -0.3 is 4.90 Å². The molecule has 0 bridgehead atoms. The first-order valence-electron chi connectivity index (χ1n) is 8.65. The molecule has 0 radical (unpaired) electrons. The first-order chi connectivity index (χ1) is 12.8. The molecule has 10 heteroatoms. The van der Waals surface area contributed by atoms with E-state index in [0.29, 0.717) is 30.5 Å². The summed E-state index contributed by atoms with van der Waals surface area (Å²) >= 11 is 0. The minimum Gasteiger partial charge on any atom is -0.370 e. The Labute approximate surface area is 158 Å². The second kappa shape index (κ2) is 7.57. The molecule has 144 valence electrons. The number of aryl methyl sites for hydroxylation is 1. The second-order valence-electron chi connectivity index (χ2n) is 6.28. The molecule has 1 aromatic carbocycles. The maximum Gasteiger partial charge on any atom is 0.208 e. The van der Waals surface area contributed by atoms with Gasteiger partial charge in [0.25, 0.3) is 0 Å². The number of anilines is 1. The van der Waals surface area contributed by atoms with Crippen molar-refractivity contribution in [2.24, 2.45) is 10.1 Å².